The Morgan fingerprint density at radius 1 is 1.22 bits per heavy atom. The van der Waals surface area contributed by atoms with Gasteiger partial charge in [0, 0.05) is 17.4 Å². The Morgan fingerprint density at radius 2 is 1.87 bits per heavy atom. The van der Waals surface area contributed by atoms with Crippen molar-refractivity contribution >= 4 is 17.7 Å². The zero-order chi connectivity index (χ0) is 17.3. The summed E-state index contributed by atoms with van der Waals surface area (Å²) in [4.78, 5) is 15.7. The highest BCUT2D eigenvalue weighted by Crippen LogP contribution is 2.22. The SMILES string of the molecule is CN(C)CCC(NC(=O)CCCSc1ccccc1)C(C)(C)C. The van der Waals surface area contributed by atoms with Crippen molar-refractivity contribution in [1.82, 2.24) is 10.2 Å². The van der Waals surface area contributed by atoms with Crippen LogP contribution in [0, 0.1) is 5.41 Å². The van der Waals surface area contributed by atoms with Crippen LogP contribution in [0.1, 0.15) is 40.0 Å². The van der Waals surface area contributed by atoms with Gasteiger partial charge in [0.25, 0.3) is 0 Å². The van der Waals surface area contributed by atoms with Gasteiger partial charge in [-0.1, -0.05) is 39.0 Å². The molecule has 1 amide bonds. The predicted molar refractivity (Wildman–Crippen MR) is 101 cm³/mol. The molecule has 1 rings (SSSR count). The van der Waals surface area contributed by atoms with Crippen LogP contribution in [0.4, 0.5) is 0 Å². The second kappa shape index (κ2) is 9.99. The summed E-state index contributed by atoms with van der Waals surface area (Å²) in [5.41, 5.74) is 0.0878. The molecular formula is C19H32N2OS. The van der Waals surface area contributed by atoms with Gasteiger partial charge in [-0.2, -0.15) is 0 Å². The molecule has 0 radical (unpaired) electrons. The molecule has 23 heavy (non-hydrogen) atoms. The first-order valence-electron chi connectivity index (χ1n) is 8.41. The van der Waals surface area contributed by atoms with Gasteiger partial charge >= 0.3 is 0 Å². The fourth-order valence-corrected chi connectivity index (χ4v) is 3.19. The van der Waals surface area contributed by atoms with Crippen molar-refractivity contribution in [2.75, 3.05) is 26.4 Å². The van der Waals surface area contributed by atoms with Crippen LogP contribution in [0.5, 0.6) is 0 Å². The van der Waals surface area contributed by atoms with Crippen molar-refractivity contribution in [3.05, 3.63) is 30.3 Å². The normalized spacial score (nSPS) is 13.1. The molecule has 0 bridgehead atoms. The lowest BCUT2D eigenvalue weighted by atomic mass is 9.84. The maximum absolute atomic E-state index is 12.2. The first-order valence-corrected chi connectivity index (χ1v) is 9.39. The van der Waals surface area contributed by atoms with Gasteiger partial charge < -0.3 is 10.2 Å². The first-order chi connectivity index (χ1) is 10.8. The number of carbonyl (C=O) groups excluding carboxylic acids is 1. The number of amides is 1. The summed E-state index contributed by atoms with van der Waals surface area (Å²) < 4.78 is 0. The molecule has 0 heterocycles. The summed E-state index contributed by atoms with van der Waals surface area (Å²) in [6.45, 7) is 7.57. The highest BCUT2D eigenvalue weighted by Gasteiger charge is 2.25. The standard InChI is InChI=1S/C19H32N2OS/c1-19(2,3)17(13-14-21(4)5)20-18(22)12-9-15-23-16-10-7-6-8-11-16/h6-8,10-11,17H,9,12-15H2,1-5H3,(H,20,22). The zero-order valence-electron chi connectivity index (χ0n) is 15.3. The van der Waals surface area contributed by atoms with Gasteiger partial charge in [-0.3, -0.25) is 4.79 Å². The zero-order valence-corrected chi connectivity index (χ0v) is 16.1. The van der Waals surface area contributed by atoms with E-state index in [0.29, 0.717) is 6.42 Å². The summed E-state index contributed by atoms with van der Waals surface area (Å²) in [5, 5.41) is 3.24. The smallest absolute Gasteiger partial charge is 0.220 e. The topological polar surface area (TPSA) is 32.3 Å². The van der Waals surface area contributed by atoms with Crippen molar-refractivity contribution in [3.63, 3.8) is 0 Å². The van der Waals surface area contributed by atoms with Crippen molar-refractivity contribution in [1.29, 1.82) is 0 Å². The average molecular weight is 337 g/mol. The van der Waals surface area contributed by atoms with E-state index in [9.17, 15) is 4.79 Å². The van der Waals surface area contributed by atoms with Gasteiger partial charge in [0.1, 0.15) is 0 Å². The Balaban J connectivity index is 2.31. The predicted octanol–water partition coefficient (Wildman–Crippen LogP) is 4.04. The van der Waals surface area contributed by atoms with E-state index in [2.05, 4.69) is 57.2 Å². The molecule has 130 valence electrons. The molecule has 4 heteroatoms. The third-order valence-electron chi connectivity index (χ3n) is 3.81. The lowest BCUT2D eigenvalue weighted by molar-refractivity contribution is -0.122. The van der Waals surface area contributed by atoms with Gasteiger partial charge in [0.2, 0.25) is 5.91 Å². The highest BCUT2D eigenvalue weighted by molar-refractivity contribution is 7.99. The monoisotopic (exact) mass is 336 g/mol. The van der Waals surface area contributed by atoms with Gasteiger partial charge in [0.05, 0.1) is 0 Å². The fourth-order valence-electron chi connectivity index (χ4n) is 2.31. The van der Waals surface area contributed by atoms with Crippen LogP contribution in [-0.2, 0) is 4.79 Å². The number of benzene rings is 1. The molecule has 0 fully saturated rings. The van der Waals surface area contributed by atoms with Crippen LogP contribution in [0.25, 0.3) is 0 Å². The number of hydrogen-bond donors (Lipinski definition) is 1. The van der Waals surface area contributed by atoms with E-state index in [1.807, 2.05) is 30.0 Å². The van der Waals surface area contributed by atoms with E-state index in [4.69, 9.17) is 0 Å². The van der Waals surface area contributed by atoms with Gasteiger partial charge in [-0.25, -0.2) is 0 Å². The lowest BCUT2D eigenvalue weighted by Crippen LogP contribution is -2.45. The number of rotatable bonds is 9. The van der Waals surface area contributed by atoms with Crippen molar-refractivity contribution in [2.45, 2.75) is 51.0 Å². The van der Waals surface area contributed by atoms with E-state index >= 15 is 0 Å². The third kappa shape index (κ3) is 9.01. The number of carbonyl (C=O) groups is 1. The van der Waals surface area contributed by atoms with Gasteiger partial charge in [-0.05, 0) is 56.8 Å². The number of thioether (sulfide) groups is 1. The molecule has 0 aliphatic rings. The van der Waals surface area contributed by atoms with Crippen LogP contribution in [-0.4, -0.2) is 43.2 Å². The molecule has 1 aromatic carbocycles. The largest absolute Gasteiger partial charge is 0.353 e. The molecule has 0 aromatic heterocycles. The van der Waals surface area contributed by atoms with Crippen LogP contribution in [0.3, 0.4) is 0 Å². The molecule has 1 atom stereocenters. The molecule has 0 aliphatic carbocycles. The first kappa shape index (κ1) is 20.0. The van der Waals surface area contributed by atoms with Crippen LogP contribution >= 0.6 is 11.8 Å². The Hall–Kier alpha value is -1.00. The van der Waals surface area contributed by atoms with E-state index in [-0.39, 0.29) is 17.4 Å². The second-order valence-electron chi connectivity index (χ2n) is 7.34. The van der Waals surface area contributed by atoms with Gasteiger partial charge in [-0.15, -0.1) is 11.8 Å². The van der Waals surface area contributed by atoms with E-state index < -0.39 is 0 Å². The summed E-state index contributed by atoms with van der Waals surface area (Å²) in [6.07, 6.45) is 2.51. The molecule has 0 spiro atoms. The third-order valence-corrected chi connectivity index (χ3v) is 4.90. The maximum Gasteiger partial charge on any atom is 0.220 e. The van der Waals surface area contributed by atoms with E-state index in [1.54, 1.807) is 0 Å². The number of nitrogens with one attached hydrogen (secondary N) is 1. The molecule has 1 unspecified atom stereocenters. The van der Waals surface area contributed by atoms with Crippen molar-refractivity contribution in [2.24, 2.45) is 5.41 Å². The number of nitrogens with zero attached hydrogens (tertiary/aromatic N) is 1. The quantitative estimate of drug-likeness (QED) is 0.545. The van der Waals surface area contributed by atoms with Crippen molar-refractivity contribution < 1.29 is 4.79 Å². The Bertz CT molecular complexity index is 454. The molecule has 0 saturated heterocycles. The number of hydrogen-bond acceptors (Lipinski definition) is 3. The molecular weight excluding hydrogens is 304 g/mol. The van der Waals surface area contributed by atoms with Crippen LogP contribution < -0.4 is 5.32 Å². The molecule has 0 aliphatic heterocycles. The minimum Gasteiger partial charge on any atom is -0.353 e. The summed E-state index contributed by atoms with van der Waals surface area (Å²) in [6, 6.07) is 10.6. The van der Waals surface area contributed by atoms with Crippen LogP contribution in [0.15, 0.2) is 35.2 Å². The molecule has 3 nitrogen and oxygen atoms in total. The Kier molecular flexibility index (Phi) is 8.71. The fraction of sp³-hybridized carbons (Fsp3) is 0.632. The Labute approximate surface area is 146 Å². The minimum absolute atomic E-state index is 0.0878. The minimum atomic E-state index is 0.0878. The molecule has 1 N–H and O–H groups in total. The summed E-state index contributed by atoms with van der Waals surface area (Å²) >= 11 is 1.81. The molecule has 0 saturated carbocycles. The maximum atomic E-state index is 12.2. The van der Waals surface area contributed by atoms with E-state index in [1.165, 1.54) is 4.90 Å². The second-order valence-corrected chi connectivity index (χ2v) is 8.51. The summed E-state index contributed by atoms with van der Waals surface area (Å²) in [7, 11) is 4.14. The van der Waals surface area contributed by atoms with Gasteiger partial charge in [0.15, 0.2) is 0 Å². The van der Waals surface area contributed by atoms with Crippen LogP contribution in [0.2, 0.25) is 0 Å². The van der Waals surface area contributed by atoms with E-state index in [0.717, 1.165) is 25.1 Å². The lowest BCUT2D eigenvalue weighted by Gasteiger charge is -2.32. The highest BCUT2D eigenvalue weighted by atomic mass is 32.2. The molecule has 1 aromatic rings. The van der Waals surface area contributed by atoms with Crippen molar-refractivity contribution in [3.8, 4) is 0 Å². The average Bonchev–Trinajstić information content (AvgIpc) is 2.47. The Morgan fingerprint density at radius 3 is 2.43 bits per heavy atom. The summed E-state index contributed by atoms with van der Waals surface area (Å²) in [5.74, 6) is 1.16.